The van der Waals surface area contributed by atoms with Gasteiger partial charge in [-0.2, -0.15) is 0 Å². The third-order valence-electron chi connectivity index (χ3n) is 5.13. The second-order valence-electron chi connectivity index (χ2n) is 6.99. The van der Waals surface area contributed by atoms with E-state index >= 15 is 0 Å². The normalized spacial score (nSPS) is 31.0. The number of ether oxygens (including phenoxy) is 1. The lowest BCUT2D eigenvalue weighted by molar-refractivity contribution is 0.00826. The molecular formula is C16H31N3O2. The molecule has 3 heterocycles. The Morgan fingerprint density at radius 1 is 0.905 bits per heavy atom. The second kappa shape index (κ2) is 7.88. The van der Waals surface area contributed by atoms with Gasteiger partial charge in [-0.1, -0.05) is 0 Å². The maximum Gasteiger partial charge on any atom is 0.0793 e. The number of nitrogens with zero attached hydrogens (tertiary/aromatic N) is 3. The Labute approximate surface area is 128 Å². The van der Waals surface area contributed by atoms with Crippen LogP contribution in [0.3, 0.4) is 0 Å². The highest BCUT2D eigenvalue weighted by Crippen LogP contribution is 2.20. The van der Waals surface area contributed by atoms with E-state index in [-0.39, 0.29) is 6.10 Å². The van der Waals surface area contributed by atoms with Crippen LogP contribution >= 0.6 is 0 Å². The van der Waals surface area contributed by atoms with Crippen molar-refractivity contribution in [2.24, 2.45) is 5.92 Å². The van der Waals surface area contributed by atoms with E-state index in [2.05, 4.69) is 14.7 Å². The van der Waals surface area contributed by atoms with Crippen LogP contribution in [0.1, 0.15) is 19.3 Å². The Hall–Kier alpha value is -0.200. The molecule has 0 aromatic rings. The summed E-state index contributed by atoms with van der Waals surface area (Å²) in [5.74, 6) is 0.818. The first-order valence-electron chi connectivity index (χ1n) is 8.72. The first-order valence-corrected chi connectivity index (χ1v) is 8.72. The SMILES string of the molecule is OC(CN1CCOCC1)CN1CCC(CN2CCCC2)C1. The van der Waals surface area contributed by atoms with E-state index in [0.717, 1.165) is 45.3 Å². The van der Waals surface area contributed by atoms with E-state index in [1.54, 1.807) is 0 Å². The van der Waals surface area contributed by atoms with Crippen molar-refractivity contribution in [1.29, 1.82) is 0 Å². The maximum absolute atomic E-state index is 10.3. The van der Waals surface area contributed by atoms with Gasteiger partial charge < -0.3 is 19.6 Å². The molecule has 3 fully saturated rings. The third kappa shape index (κ3) is 4.89. The van der Waals surface area contributed by atoms with Crippen molar-refractivity contribution < 1.29 is 9.84 Å². The number of morpholine rings is 1. The van der Waals surface area contributed by atoms with Crippen LogP contribution in [0.15, 0.2) is 0 Å². The summed E-state index contributed by atoms with van der Waals surface area (Å²) in [7, 11) is 0. The molecule has 0 aromatic heterocycles. The molecule has 3 rings (SSSR count). The van der Waals surface area contributed by atoms with Gasteiger partial charge in [0.2, 0.25) is 0 Å². The number of rotatable bonds is 6. The summed E-state index contributed by atoms with van der Waals surface area (Å²) in [6.45, 7) is 11.4. The summed E-state index contributed by atoms with van der Waals surface area (Å²) >= 11 is 0. The standard InChI is InChI=1S/C16H31N3O2/c20-16(13-18-7-9-21-10-8-18)14-19-6-3-15(12-19)11-17-4-1-2-5-17/h15-16,20H,1-14H2. The molecule has 2 unspecified atom stereocenters. The van der Waals surface area contributed by atoms with Crippen LogP contribution in [-0.4, -0.2) is 98.0 Å². The number of hydrogen-bond donors (Lipinski definition) is 1. The average Bonchev–Trinajstić information content (AvgIpc) is 3.13. The van der Waals surface area contributed by atoms with Gasteiger partial charge >= 0.3 is 0 Å². The molecule has 0 amide bonds. The molecule has 5 nitrogen and oxygen atoms in total. The lowest BCUT2D eigenvalue weighted by Crippen LogP contribution is -2.44. The first kappa shape index (κ1) is 15.7. The fourth-order valence-electron chi connectivity index (χ4n) is 4.00. The predicted molar refractivity (Wildman–Crippen MR) is 83.5 cm³/mol. The minimum atomic E-state index is -0.214. The lowest BCUT2D eigenvalue weighted by Gasteiger charge is -2.30. The number of β-amino-alcohol motifs (C(OH)–C–C–N with tert-alkyl or cyclic N) is 1. The summed E-state index contributed by atoms with van der Waals surface area (Å²) in [6, 6.07) is 0. The smallest absolute Gasteiger partial charge is 0.0793 e. The maximum atomic E-state index is 10.3. The molecule has 122 valence electrons. The Kier molecular flexibility index (Phi) is 5.89. The zero-order valence-corrected chi connectivity index (χ0v) is 13.3. The van der Waals surface area contributed by atoms with Crippen molar-refractivity contribution in [2.75, 3.05) is 72.1 Å². The van der Waals surface area contributed by atoms with Gasteiger partial charge in [0.05, 0.1) is 19.3 Å². The topological polar surface area (TPSA) is 39.2 Å². The monoisotopic (exact) mass is 297 g/mol. The van der Waals surface area contributed by atoms with Crippen LogP contribution in [0.4, 0.5) is 0 Å². The fraction of sp³-hybridized carbons (Fsp3) is 1.00. The Morgan fingerprint density at radius 3 is 2.38 bits per heavy atom. The Balaban J connectivity index is 1.33. The molecule has 0 bridgehead atoms. The fourth-order valence-corrected chi connectivity index (χ4v) is 4.00. The molecule has 0 radical (unpaired) electrons. The van der Waals surface area contributed by atoms with E-state index in [9.17, 15) is 5.11 Å². The molecule has 0 saturated carbocycles. The van der Waals surface area contributed by atoms with Crippen molar-refractivity contribution in [3.05, 3.63) is 0 Å². The van der Waals surface area contributed by atoms with E-state index in [1.807, 2.05) is 0 Å². The van der Waals surface area contributed by atoms with Crippen molar-refractivity contribution in [2.45, 2.75) is 25.4 Å². The molecule has 0 spiro atoms. The van der Waals surface area contributed by atoms with Gasteiger partial charge in [-0.05, 0) is 44.8 Å². The Bertz CT molecular complexity index is 304. The van der Waals surface area contributed by atoms with Gasteiger partial charge in [-0.15, -0.1) is 0 Å². The van der Waals surface area contributed by atoms with Crippen LogP contribution in [0.2, 0.25) is 0 Å². The van der Waals surface area contributed by atoms with Crippen LogP contribution in [-0.2, 0) is 4.74 Å². The number of aliphatic hydroxyl groups is 1. The molecule has 5 heteroatoms. The van der Waals surface area contributed by atoms with Crippen molar-refractivity contribution in [3.63, 3.8) is 0 Å². The van der Waals surface area contributed by atoms with E-state index in [4.69, 9.17) is 4.74 Å². The molecule has 1 N–H and O–H groups in total. The minimum Gasteiger partial charge on any atom is -0.390 e. The molecule has 3 saturated heterocycles. The van der Waals surface area contributed by atoms with E-state index in [1.165, 1.54) is 52.0 Å². The summed E-state index contributed by atoms with van der Waals surface area (Å²) in [5.41, 5.74) is 0. The quantitative estimate of drug-likeness (QED) is 0.753. The minimum absolute atomic E-state index is 0.214. The molecule has 21 heavy (non-hydrogen) atoms. The number of aliphatic hydroxyl groups excluding tert-OH is 1. The predicted octanol–water partition coefficient (Wildman–Crippen LogP) is 0.0972. The van der Waals surface area contributed by atoms with Crippen LogP contribution in [0.5, 0.6) is 0 Å². The average molecular weight is 297 g/mol. The molecule has 0 aromatic carbocycles. The van der Waals surface area contributed by atoms with Crippen molar-refractivity contribution >= 4 is 0 Å². The summed E-state index contributed by atoms with van der Waals surface area (Å²) in [5, 5.41) is 10.3. The molecule has 3 aliphatic rings. The highest BCUT2D eigenvalue weighted by molar-refractivity contribution is 4.82. The van der Waals surface area contributed by atoms with Crippen molar-refractivity contribution in [3.8, 4) is 0 Å². The van der Waals surface area contributed by atoms with Gasteiger partial charge in [0.1, 0.15) is 0 Å². The number of likely N-dealkylation sites (tertiary alicyclic amines) is 2. The molecule has 2 atom stereocenters. The van der Waals surface area contributed by atoms with Crippen LogP contribution < -0.4 is 0 Å². The second-order valence-corrected chi connectivity index (χ2v) is 6.99. The molecule has 0 aliphatic carbocycles. The van der Waals surface area contributed by atoms with Gasteiger partial charge in [0.25, 0.3) is 0 Å². The third-order valence-corrected chi connectivity index (χ3v) is 5.13. The van der Waals surface area contributed by atoms with Crippen LogP contribution in [0, 0.1) is 5.92 Å². The van der Waals surface area contributed by atoms with Gasteiger partial charge in [0.15, 0.2) is 0 Å². The van der Waals surface area contributed by atoms with Gasteiger partial charge in [0, 0.05) is 39.3 Å². The summed E-state index contributed by atoms with van der Waals surface area (Å²) in [6.07, 6.45) is 3.86. The lowest BCUT2D eigenvalue weighted by atomic mass is 10.1. The van der Waals surface area contributed by atoms with E-state index in [0.29, 0.717) is 0 Å². The summed E-state index contributed by atoms with van der Waals surface area (Å²) < 4.78 is 5.35. The first-order chi connectivity index (χ1) is 10.3. The zero-order valence-electron chi connectivity index (χ0n) is 13.3. The van der Waals surface area contributed by atoms with Crippen LogP contribution in [0.25, 0.3) is 0 Å². The number of hydrogen-bond acceptors (Lipinski definition) is 5. The van der Waals surface area contributed by atoms with Gasteiger partial charge in [-0.25, -0.2) is 0 Å². The molecular weight excluding hydrogens is 266 g/mol. The summed E-state index contributed by atoms with van der Waals surface area (Å²) in [4.78, 5) is 7.41. The van der Waals surface area contributed by atoms with E-state index < -0.39 is 0 Å². The largest absolute Gasteiger partial charge is 0.390 e. The van der Waals surface area contributed by atoms with Gasteiger partial charge in [-0.3, -0.25) is 4.90 Å². The Morgan fingerprint density at radius 2 is 1.62 bits per heavy atom. The highest BCUT2D eigenvalue weighted by atomic mass is 16.5. The zero-order chi connectivity index (χ0) is 14.5. The highest BCUT2D eigenvalue weighted by Gasteiger charge is 2.27. The molecule has 3 aliphatic heterocycles. The van der Waals surface area contributed by atoms with Crippen molar-refractivity contribution in [1.82, 2.24) is 14.7 Å².